The Morgan fingerprint density at radius 2 is 1.72 bits per heavy atom. The Kier molecular flexibility index (Phi) is 6.72. The quantitative estimate of drug-likeness (QED) is 0.540. The first-order chi connectivity index (χ1) is 15.5. The maximum Gasteiger partial charge on any atom is 0.340 e. The number of fused-ring (bicyclic) bond motifs is 1. The molecule has 3 aromatic rings. The van der Waals surface area contributed by atoms with Crippen LogP contribution in [0.2, 0.25) is 5.02 Å². The van der Waals surface area contributed by atoms with Crippen LogP contribution in [0.1, 0.15) is 38.9 Å². The Morgan fingerprint density at radius 3 is 2.41 bits per heavy atom. The summed E-state index contributed by atoms with van der Waals surface area (Å²) in [6, 6.07) is 14.8. The van der Waals surface area contributed by atoms with Crippen LogP contribution in [0, 0.1) is 6.92 Å². The molecule has 7 heteroatoms. The highest BCUT2D eigenvalue weighted by molar-refractivity contribution is 6.30. The normalized spacial score (nSPS) is 14.5. The van der Waals surface area contributed by atoms with Crippen LogP contribution in [0.25, 0.3) is 10.9 Å². The summed E-state index contributed by atoms with van der Waals surface area (Å²) in [4.78, 5) is 34.4. The van der Waals surface area contributed by atoms with Gasteiger partial charge in [0.2, 0.25) is 0 Å². The summed E-state index contributed by atoms with van der Waals surface area (Å²) in [5, 5.41) is 1.57. The lowest BCUT2D eigenvalue weighted by atomic mass is 10.0. The van der Waals surface area contributed by atoms with Gasteiger partial charge in [0, 0.05) is 48.7 Å². The molecule has 1 fully saturated rings. The smallest absolute Gasteiger partial charge is 0.340 e. The maximum absolute atomic E-state index is 12.8. The van der Waals surface area contributed by atoms with Crippen molar-refractivity contribution >= 4 is 34.4 Å². The predicted octanol–water partition coefficient (Wildman–Crippen LogP) is 4.33. The van der Waals surface area contributed by atoms with Crippen LogP contribution in [0.15, 0.2) is 48.5 Å². The van der Waals surface area contributed by atoms with E-state index in [0.29, 0.717) is 55.5 Å². The van der Waals surface area contributed by atoms with Gasteiger partial charge in [-0.1, -0.05) is 29.8 Å². The summed E-state index contributed by atoms with van der Waals surface area (Å²) in [6.07, 6.45) is 0. The molecule has 0 unspecified atom stereocenters. The minimum Gasteiger partial charge on any atom is -0.462 e. The molecule has 4 rings (SSSR count). The van der Waals surface area contributed by atoms with Gasteiger partial charge in [-0.25, -0.2) is 4.79 Å². The summed E-state index contributed by atoms with van der Waals surface area (Å²) in [5.41, 5.74) is 3.66. The third kappa shape index (κ3) is 4.61. The number of halogens is 1. The van der Waals surface area contributed by atoms with E-state index >= 15 is 0 Å². The molecule has 2 heterocycles. The van der Waals surface area contributed by atoms with E-state index in [1.54, 1.807) is 31.2 Å². The number of aromatic nitrogens is 1. The molecule has 0 spiro atoms. The molecule has 0 aliphatic carbocycles. The maximum atomic E-state index is 12.8. The van der Waals surface area contributed by atoms with Gasteiger partial charge in [0.1, 0.15) is 0 Å². The standard InChI is InChI=1S/C25H26ClN3O3/c1-3-32-25(31)23-17(2)20-6-4-5-7-21(20)27-22(23)16-28-12-14-29(15-13-28)24(30)18-8-10-19(26)11-9-18/h4-11H,3,12-16H2,1-2H3. The Labute approximate surface area is 192 Å². The SMILES string of the molecule is CCOC(=O)c1c(CN2CCN(C(=O)c3ccc(Cl)cc3)CC2)nc2ccccc2c1C. The summed E-state index contributed by atoms with van der Waals surface area (Å²) in [7, 11) is 0. The molecular formula is C25H26ClN3O3. The van der Waals surface area contributed by atoms with Crippen LogP contribution in [0.5, 0.6) is 0 Å². The van der Waals surface area contributed by atoms with Crippen molar-refractivity contribution in [2.24, 2.45) is 0 Å². The van der Waals surface area contributed by atoms with E-state index in [-0.39, 0.29) is 11.9 Å². The summed E-state index contributed by atoms with van der Waals surface area (Å²) < 4.78 is 5.33. The molecule has 0 radical (unpaired) electrons. The van der Waals surface area contributed by atoms with Gasteiger partial charge >= 0.3 is 5.97 Å². The Bertz CT molecular complexity index is 1140. The number of nitrogens with zero attached hydrogens (tertiary/aromatic N) is 3. The fourth-order valence-corrected chi connectivity index (χ4v) is 4.25. The molecule has 0 bridgehead atoms. The van der Waals surface area contributed by atoms with E-state index in [4.69, 9.17) is 21.3 Å². The molecule has 32 heavy (non-hydrogen) atoms. The van der Waals surface area contributed by atoms with Gasteiger partial charge in [-0.3, -0.25) is 14.7 Å². The number of piperazine rings is 1. The number of aryl methyl sites for hydroxylation is 1. The summed E-state index contributed by atoms with van der Waals surface area (Å²) in [6.45, 7) is 7.23. The van der Waals surface area contributed by atoms with Crippen LogP contribution in [0.3, 0.4) is 0 Å². The third-order valence-corrected chi connectivity index (χ3v) is 6.08. The van der Waals surface area contributed by atoms with E-state index in [0.717, 1.165) is 22.2 Å². The monoisotopic (exact) mass is 451 g/mol. The molecule has 1 amide bonds. The van der Waals surface area contributed by atoms with Crippen molar-refractivity contribution in [1.82, 2.24) is 14.8 Å². The van der Waals surface area contributed by atoms with Gasteiger partial charge in [-0.05, 0) is 49.7 Å². The third-order valence-electron chi connectivity index (χ3n) is 5.83. The van der Waals surface area contributed by atoms with Crippen molar-refractivity contribution in [2.75, 3.05) is 32.8 Å². The molecule has 0 saturated carbocycles. The zero-order chi connectivity index (χ0) is 22.7. The van der Waals surface area contributed by atoms with Crippen molar-refractivity contribution in [3.05, 3.63) is 75.9 Å². The second kappa shape index (κ2) is 9.67. The first kappa shape index (κ1) is 22.2. The molecule has 2 aromatic carbocycles. The van der Waals surface area contributed by atoms with Gasteiger partial charge < -0.3 is 9.64 Å². The predicted molar refractivity (Wildman–Crippen MR) is 125 cm³/mol. The number of benzene rings is 2. The number of hydrogen-bond donors (Lipinski definition) is 0. The molecule has 1 aliphatic heterocycles. The Hall–Kier alpha value is -2.96. The van der Waals surface area contributed by atoms with Crippen molar-refractivity contribution < 1.29 is 14.3 Å². The second-order valence-electron chi connectivity index (χ2n) is 7.87. The molecule has 6 nitrogen and oxygen atoms in total. The summed E-state index contributed by atoms with van der Waals surface area (Å²) >= 11 is 5.93. The molecule has 1 saturated heterocycles. The van der Waals surface area contributed by atoms with E-state index in [1.807, 2.05) is 36.1 Å². The summed E-state index contributed by atoms with van der Waals surface area (Å²) in [5.74, 6) is -0.331. The van der Waals surface area contributed by atoms with Crippen LogP contribution < -0.4 is 0 Å². The van der Waals surface area contributed by atoms with Crippen molar-refractivity contribution in [3.8, 4) is 0 Å². The molecule has 166 valence electrons. The first-order valence-corrected chi connectivity index (χ1v) is 11.2. The number of carbonyl (C=O) groups is 2. The van der Waals surface area contributed by atoms with Crippen LogP contribution in [-0.2, 0) is 11.3 Å². The van der Waals surface area contributed by atoms with Gasteiger partial charge in [0.15, 0.2) is 0 Å². The van der Waals surface area contributed by atoms with Gasteiger partial charge in [-0.2, -0.15) is 0 Å². The van der Waals surface area contributed by atoms with Gasteiger partial charge in [-0.15, -0.1) is 0 Å². The van der Waals surface area contributed by atoms with E-state index in [1.165, 1.54) is 0 Å². The number of esters is 1. The van der Waals surface area contributed by atoms with E-state index < -0.39 is 0 Å². The molecule has 1 aromatic heterocycles. The molecule has 0 N–H and O–H groups in total. The lowest BCUT2D eigenvalue weighted by Gasteiger charge is -2.35. The van der Waals surface area contributed by atoms with Gasteiger partial charge in [0.05, 0.1) is 23.4 Å². The Balaban J connectivity index is 1.51. The highest BCUT2D eigenvalue weighted by atomic mass is 35.5. The number of ether oxygens (including phenoxy) is 1. The molecule has 1 aliphatic rings. The van der Waals surface area contributed by atoms with E-state index in [9.17, 15) is 9.59 Å². The lowest BCUT2D eigenvalue weighted by molar-refractivity contribution is 0.0521. The molecule has 0 atom stereocenters. The average Bonchev–Trinajstić information content (AvgIpc) is 2.80. The van der Waals surface area contributed by atoms with Crippen molar-refractivity contribution in [3.63, 3.8) is 0 Å². The number of hydrogen-bond acceptors (Lipinski definition) is 5. The van der Waals surface area contributed by atoms with Crippen molar-refractivity contribution in [1.29, 1.82) is 0 Å². The Morgan fingerprint density at radius 1 is 1.03 bits per heavy atom. The molecular weight excluding hydrogens is 426 g/mol. The lowest BCUT2D eigenvalue weighted by Crippen LogP contribution is -2.48. The fourth-order valence-electron chi connectivity index (χ4n) is 4.13. The van der Waals surface area contributed by atoms with Crippen LogP contribution in [-0.4, -0.2) is 59.4 Å². The minimum absolute atomic E-state index is 0.00760. The fraction of sp³-hybridized carbons (Fsp3) is 0.320. The number of pyridine rings is 1. The average molecular weight is 452 g/mol. The van der Waals surface area contributed by atoms with Gasteiger partial charge in [0.25, 0.3) is 5.91 Å². The number of amides is 1. The highest BCUT2D eigenvalue weighted by Gasteiger charge is 2.25. The zero-order valence-corrected chi connectivity index (χ0v) is 19.1. The second-order valence-corrected chi connectivity index (χ2v) is 8.31. The topological polar surface area (TPSA) is 62.7 Å². The van der Waals surface area contributed by atoms with E-state index in [2.05, 4.69) is 4.90 Å². The number of carbonyl (C=O) groups excluding carboxylic acids is 2. The number of rotatable bonds is 5. The van der Waals surface area contributed by atoms with Crippen LogP contribution >= 0.6 is 11.6 Å². The zero-order valence-electron chi connectivity index (χ0n) is 18.3. The largest absolute Gasteiger partial charge is 0.462 e. The highest BCUT2D eigenvalue weighted by Crippen LogP contribution is 2.25. The number of para-hydroxylation sites is 1. The van der Waals surface area contributed by atoms with Crippen LogP contribution in [0.4, 0.5) is 0 Å². The minimum atomic E-state index is -0.338. The first-order valence-electron chi connectivity index (χ1n) is 10.8. The van der Waals surface area contributed by atoms with Crippen molar-refractivity contribution in [2.45, 2.75) is 20.4 Å².